The highest BCUT2D eigenvalue weighted by Crippen LogP contribution is 2.45. The van der Waals surface area contributed by atoms with Crippen LogP contribution in [0.4, 0.5) is 0 Å². The second-order valence-electron chi connectivity index (χ2n) is 9.28. The lowest BCUT2D eigenvalue weighted by atomic mass is 9.73. The molecule has 2 aromatic rings. The fourth-order valence-electron chi connectivity index (χ4n) is 4.64. The van der Waals surface area contributed by atoms with Crippen LogP contribution in [0.25, 0.3) is 0 Å². The topological polar surface area (TPSA) is 84.9 Å². The Kier molecular flexibility index (Phi) is 7.31. The van der Waals surface area contributed by atoms with Crippen LogP contribution in [-0.4, -0.2) is 30.0 Å². The molecule has 1 aliphatic carbocycles. The minimum absolute atomic E-state index is 0.00464. The number of Topliss-reactive ketones (excluding diaryl/α,β-unsaturated/α-hetero) is 1. The number of allylic oxidation sites excluding steroid dienone is 2. The van der Waals surface area contributed by atoms with Crippen LogP contribution >= 0.6 is 15.9 Å². The number of aromatic hydroxyl groups is 1. The minimum atomic E-state index is -0.375. The lowest BCUT2D eigenvalue weighted by Crippen LogP contribution is -2.38. The third-order valence-electron chi connectivity index (χ3n) is 6.22. The number of amides is 1. The van der Waals surface area contributed by atoms with Crippen LogP contribution in [0.5, 0.6) is 17.2 Å². The van der Waals surface area contributed by atoms with Crippen molar-refractivity contribution in [2.75, 3.05) is 13.2 Å². The number of hydrogen-bond acceptors (Lipinski definition) is 5. The highest BCUT2D eigenvalue weighted by atomic mass is 79.9. The van der Waals surface area contributed by atoms with Gasteiger partial charge in [-0.05, 0) is 76.5 Å². The van der Waals surface area contributed by atoms with Gasteiger partial charge in [0.2, 0.25) is 5.91 Å². The first-order chi connectivity index (χ1) is 16.3. The van der Waals surface area contributed by atoms with Crippen molar-refractivity contribution in [3.63, 3.8) is 0 Å². The van der Waals surface area contributed by atoms with Gasteiger partial charge in [0.15, 0.2) is 17.3 Å². The number of rotatable bonds is 7. The molecular weight excluding hydrogens is 498 g/mol. The Bertz CT molecular complexity index is 1120. The maximum absolute atomic E-state index is 13.4. The van der Waals surface area contributed by atoms with Crippen molar-refractivity contribution in [2.24, 2.45) is 5.92 Å². The van der Waals surface area contributed by atoms with E-state index >= 15 is 0 Å². The van der Waals surface area contributed by atoms with Gasteiger partial charge in [-0.2, -0.15) is 0 Å². The van der Waals surface area contributed by atoms with Gasteiger partial charge >= 0.3 is 0 Å². The van der Waals surface area contributed by atoms with Gasteiger partial charge in [0.25, 0.3) is 0 Å². The van der Waals surface area contributed by atoms with Crippen molar-refractivity contribution in [1.29, 1.82) is 0 Å². The average molecular weight is 528 g/mol. The fraction of sp³-hybridized carbons (Fsp3) is 0.407. The molecule has 0 bridgehead atoms. The molecule has 6 nitrogen and oxygen atoms in total. The number of halogens is 1. The highest BCUT2D eigenvalue weighted by Gasteiger charge is 2.38. The van der Waals surface area contributed by atoms with E-state index in [0.29, 0.717) is 53.5 Å². The second kappa shape index (κ2) is 10.2. The molecule has 1 amide bonds. The summed E-state index contributed by atoms with van der Waals surface area (Å²) < 4.78 is 11.8. The Morgan fingerprint density at radius 3 is 2.47 bits per heavy atom. The van der Waals surface area contributed by atoms with Crippen molar-refractivity contribution in [2.45, 2.75) is 51.9 Å². The van der Waals surface area contributed by atoms with Gasteiger partial charge in [0.05, 0.1) is 17.7 Å². The molecule has 180 valence electrons. The standard InChI is InChI=1S/C27H30BrNO5/c1-4-33-24-12-18(9-21(28)27(24)32)20-13-25(31)29-22-10-17(11-23(30)26(20)22)16-5-7-19(8-6-16)34-14-15(2)3/h5-9,12,15,17,20,32H,4,10-11,13-14H2,1-3H3,(H,29,31). The summed E-state index contributed by atoms with van der Waals surface area (Å²) in [7, 11) is 0. The van der Waals surface area contributed by atoms with Gasteiger partial charge in [-0.15, -0.1) is 0 Å². The first-order valence-electron chi connectivity index (χ1n) is 11.7. The molecule has 34 heavy (non-hydrogen) atoms. The largest absolute Gasteiger partial charge is 0.503 e. The molecular formula is C27H30BrNO5. The zero-order valence-electron chi connectivity index (χ0n) is 19.7. The summed E-state index contributed by atoms with van der Waals surface area (Å²) in [6.45, 7) is 7.09. The number of ether oxygens (including phenoxy) is 2. The monoisotopic (exact) mass is 527 g/mol. The number of phenolic OH excluding ortho intramolecular Hbond substituents is 1. The Hall–Kier alpha value is -2.80. The summed E-state index contributed by atoms with van der Waals surface area (Å²) in [4.78, 5) is 26.0. The third-order valence-corrected chi connectivity index (χ3v) is 6.83. The smallest absolute Gasteiger partial charge is 0.225 e. The van der Waals surface area contributed by atoms with Crippen LogP contribution in [-0.2, 0) is 9.59 Å². The van der Waals surface area contributed by atoms with E-state index in [2.05, 4.69) is 35.1 Å². The molecule has 0 radical (unpaired) electrons. The Morgan fingerprint density at radius 2 is 1.79 bits per heavy atom. The van der Waals surface area contributed by atoms with Crippen molar-refractivity contribution in [1.82, 2.24) is 5.32 Å². The maximum Gasteiger partial charge on any atom is 0.225 e. The number of benzene rings is 2. The van der Waals surface area contributed by atoms with Crippen LogP contribution in [0.1, 0.15) is 63.0 Å². The zero-order valence-corrected chi connectivity index (χ0v) is 21.3. The number of hydrogen-bond donors (Lipinski definition) is 2. The zero-order chi connectivity index (χ0) is 24.4. The lowest BCUT2D eigenvalue weighted by Gasteiger charge is -2.34. The van der Waals surface area contributed by atoms with Crippen LogP contribution in [0, 0.1) is 5.92 Å². The molecule has 4 rings (SSSR count). The van der Waals surface area contributed by atoms with Gasteiger partial charge < -0.3 is 19.9 Å². The summed E-state index contributed by atoms with van der Waals surface area (Å²) in [5, 5.41) is 13.3. The predicted molar refractivity (Wildman–Crippen MR) is 133 cm³/mol. The summed E-state index contributed by atoms with van der Waals surface area (Å²) in [5.74, 6) is 1.15. The molecule has 1 aliphatic heterocycles. The molecule has 0 fully saturated rings. The second-order valence-corrected chi connectivity index (χ2v) is 10.1. The van der Waals surface area contributed by atoms with Gasteiger partial charge in [-0.25, -0.2) is 0 Å². The first-order valence-corrected chi connectivity index (χ1v) is 12.5. The van der Waals surface area contributed by atoms with Crippen molar-refractivity contribution < 1.29 is 24.2 Å². The average Bonchev–Trinajstić information content (AvgIpc) is 2.80. The molecule has 1 heterocycles. The third kappa shape index (κ3) is 5.14. The summed E-state index contributed by atoms with van der Waals surface area (Å²) >= 11 is 3.37. The first kappa shape index (κ1) is 24.3. The van der Waals surface area contributed by atoms with Gasteiger partial charge in [0, 0.05) is 30.0 Å². The quantitative estimate of drug-likeness (QED) is 0.490. The molecule has 2 aromatic carbocycles. The Morgan fingerprint density at radius 1 is 1.06 bits per heavy atom. The number of ketones is 1. The summed E-state index contributed by atoms with van der Waals surface area (Å²) in [5.41, 5.74) is 3.19. The predicted octanol–water partition coefficient (Wildman–Crippen LogP) is 5.59. The van der Waals surface area contributed by atoms with Gasteiger partial charge in [0.1, 0.15) is 5.75 Å². The van der Waals surface area contributed by atoms with E-state index < -0.39 is 0 Å². The van der Waals surface area contributed by atoms with E-state index in [1.807, 2.05) is 31.2 Å². The van der Waals surface area contributed by atoms with E-state index in [1.165, 1.54) is 0 Å². The maximum atomic E-state index is 13.4. The number of carbonyl (C=O) groups excluding carboxylic acids is 2. The van der Waals surface area contributed by atoms with E-state index in [0.717, 1.165) is 16.9 Å². The van der Waals surface area contributed by atoms with E-state index in [1.54, 1.807) is 12.1 Å². The molecule has 2 aliphatic rings. The summed E-state index contributed by atoms with van der Waals surface area (Å²) in [6, 6.07) is 11.4. The van der Waals surface area contributed by atoms with Gasteiger partial charge in [-0.3, -0.25) is 9.59 Å². The van der Waals surface area contributed by atoms with Crippen LogP contribution in [0.2, 0.25) is 0 Å². The summed E-state index contributed by atoms with van der Waals surface area (Å²) in [6.07, 6.45) is 1.15. The number of carbonyl (C=O) groups is 2. The SMILES string of the molecule is CCOc1cc(C2CC(=O)NC3=C2C(=O)CC(c2ccc(OCC(C)C)cc2)C3)cc(Br)c1O. The van der Waals surface area contributed by atoms with Crippen molar-refractivity contribution in [3.8, 4) is 17.2 Å². The molecule has 7 heteroatoms. The Labute approximate surface area is 208 Å². The van der Waals surface area contributed by atoms with Crippen LogP contribution < -0.4 is 14.8 Å². The molecule has 0 saturated carbocycles. The number of phenols is 1. The van der Waals surface area contributed by atoms with Gasteiger partial charge in [-0.1, -0.05) is 26.0 Å². The molecule has 0 spiro atoms. The molecule has 2 N–H and O–H groups in total. The molecule has 2 unspecified atom stereocenters. The molecule has 0 aromatic heterocycles. The van der Waals surface area contributed by atoms with Crippen LogP contribution in [0.15, 0.2) is 52.1 Å². The molecule has 0 saturated heterocycles. The highest BCUT2D eigenvalue weighted by molar-refractivity contribution is 9.10. The fourth-order valence-corrected chi connectivity index (χ4v) is 5.10. The normalized spacial score (nSPS) is 20.3. The van der Waals surface area contributed by atoms with E-state index in [4.69, 9.17) is 9.47 Å². The van der Waals surface area contributed by atoms with Crippen molar-refractivity contribution >= 4 is 27.6 Å². The molecule has 2 atom stereocenters. The van der Waals surface area contributed by atoms with E-state index in [9.17, 15) is 14.7 Å². The van der Waals surface area contributed by atoms with Crippen LogP contribution in [0.3, 0.4) is 0 Å². The van der Waals surface area contributed by atoms with E-state index in [-0.39, 0.29) is 35.7 Å². The minimum Gasteiger partial charge on any atom is -0.503 e. The van der Waals surface area contributed by atoms with Crippen molar-refractivity contribution in [3.05, 3.63) is 63.3 Å². The Balaban J connectivity index is 1.62. The lowest BCUT2D eigenvalue weighted by molar-refractivity contribution is -0.122. The number of nitrogens with one attached hydrogen (secondary N) is 1.